The molecule has 0 unspecified atom stereocenters. The van der Waals surface area contributed by atoms with Gasteiger partial charge >= 0.3 is 0 Å². The Hall–Kier alpha value is -2.54. The third-order valence-electron chi connectivity index (χ3n) is 4.17. The minimum Gasteiger partial charge on any atom is -0.384 e. The molecule has 4 rings (SSSR count). The summed E-state index contributed by atoms with van der Waals surface area (Å²) >= 11 is 0. The van der Waals surface area contributed by atoms with Crippen molar-refractivity contribution in [3.05, 3.63) is 78.4 Å². The number of hydrogen-bond donors (Lipinski definition) is 1. The summed E-state index contributed by atoms with van der Waals surface area (Å²) < 4.78 is 0. The van der Waals surface area contributed by atoms with Crippen LogP contribution in [0.15, 0.2) is 72.8 Å². The number of benzene rings is 3. The van der Waals surface area contributed by atoms with Gasteiger partial charge in [-0.15, -0.1) is 0 Å². The van der Waals surface area contributed by atoms with Gasteiger partial charge in [0.1, 0.15) is 0 Å². The third-order valence-corrected chi connectivity index (χ3v) is 4.17. The Morgan fingerprint density at radius 3 is 2.14 bits per heavy atom. The number of anilines is 1. The zero-order chi connectivity index (χ0) is 14.1. The molecule has 0 saturated carbocycles. The minimum atomic E-state index is 1.05. The van der Waals surface area contributed by atoms with Crippen LogP contribution in [0, 0.1) is 0 Å². The molecule has 3 aromatic rings. The van der Waals surface area contributed by atoms with Gasteiger partial charge in [0.25, 0.3) is 0 Å². The second-order valence-corrected chi connectivity index (χ2v) is 5.45. The third kappa shape index (κ3) is 2.21. The summed E-state index contributed by atoms with van der Waals surface area (Å²) in [7, 11) is 0. The molecule has 0 spiro atoms. The number of rotatable bonds is 2. The molecule has 1 heterocycles. The van der Waals surface area contributed by atoms with Gasteiger partial charge in [-0.2, -0.15) is 0 Å². The summed E-state index contributed by atoms with van der Waals surface area (Å²) in [4.78, 5) is 0. The Morgan fingerprint density at radius 2 is 1.33 bits per heavy atom. The van der Waals surface area contributed by atoms with Crippen LogP contribution in [0.4, 0.5) is 5.69 Å². The largest absolute Gasteiger partial charge is 0.384 e. The molecular weight excluding hydrogens is 254 g/mol. The smallest absolute Gasteiger partial charge is 0.0379 e. The van der Waals surface area contributed by atoms with Crippen molar-refractivity contribution in [3.8, 4) is 22.3 Å². The first kappa shape index (κ1) is 12.2. The van der Waals surface area contributed by atoms with E-state index in [0.717, 1.165) is 13.0 Å². The summed E-state index contributed by atoms with van der Waals surface area (Å²) in [5.74, 6) is 0. The van der Waals surface area contributed by atoms with E-state index < -0.39 is 0 Å². The molecule has 0 aliphatic carbocycles. The molecule has 102 valence electrons. The molecule has 1 heteroatoms. The van der Waals surface area contributed by atoms with Crippen LogP contribution in [0.25, 0.3) is 22.3 Å². The SMILES string of the molecule is c1ccc(-c2ccc(-c3cccc4c3CCN4)cc2)cc1. The maximum Gasteiger partial charge on any atom is 0.0379 e. The van der Waals surface area contributed by atoms with Gasteiger partial charge in [0.15, 0.2) is 0 Å². The predicted octanol–water partition coefficient (Wildman–Crippen LogP) is 4.99. The number of fused-ring (bicyclic) bond motifs is 1. The molecular formula is C20H17N. The average molecular weight is 271 g/mol. The Morgan fingerprint density at radius 1 is 0.619 bits per heavy atom. The Balaban J connectivity index is 1.73. The van der Waals surface area contributed by atoms with Crippen LogP contribution in [0.3, 0.4) is 0 Å². The highest BCUT2D eigenvalue weighted by Crippen LogP contribution is 2.33. The topological polar surface area (TPSA) is 12.0 Å². The van der Waals surface area contributed by atoms with E-state index in [4.69, 9.17) is 0 Å². The second kappa shape index (κ2) is 5.10. The lowest BCUT2D eigenvalue weighted by Gasteiger charge is -2.09. The summed E-state index contributed by atoms with van der Waals surface area (Å²) in [6, 6.07) is 25.9. The quantitative estimate of drug-likeness (QED) is 0.692. The molecule has 3 aromatic carbocycles. The first-order valence-corrected chi connectivity index (χ1v) is 7.43. The van der Waals surface area contributed by atoms with E-state index in [2.05, 4.69) is 78.1 Å². The molecule has 1 nitrogen and oxygen atoms in total. The Labute approximate surface area is 125 Å². The highest BCUT2D eigenvalue weighted by Gasteiger charge is 2.14. The van der Waals surface area contributed by atoms with Crippen molar-refractivity contribution in [2.24, 2.45) is 0 Å². The van der Waals surface area contributed by atoms with Crippen molar-refractivity contribution in [2.75, 3.05) is 11.9 Å². The maximum atomic E-state index is 3.45. The van der Waals surface area contributed by atoms with Gasteiger partial charge in [-0.25, -0.2) is 0 Å². The van der Waals surface area contributed by atoms with Crippen LogP contribution < -0.4 is 5.32 Å². The average Bonchev–Trinajstić information content (AvgIpc) is 3.04. The van der Waals surface area contributed by atoms with E-state index in [-0.39, 0.29) is 0 Å². The van der Waals surface area contributed by atoms with Gasteiger partial charge in [0, 0.05) is 12.2 Å². The van der Waals surface area contributed by atoms with Gasteiger partial charge in [0.2, 0.25) is 0 Å². The first-order chi connectivity index (χ1) is 10.4. The fourth-order valence-electron chi connectivity index (χ4n) is 3.09. The fraction of sp³-hybridized carbons (Fsp3) is 0.100. The highest BCUT2D eigenvalue weighted by molar-refractivity contribution is 5.77. The molecule has 0 aromatic heterocycles. The van der Waals surface area contributed by atoms with Crippen molar-refractivity contribution in [3.63, 3.8) is 0 Å². The van der Waals surface area contributed by atoms with Crippen molar-refractivity contribution >= 4 is 5.69 Å². The fourth-order valence-corrected chi connectivity index (χ4v) is 3.09. The van der Waals surface area contributed by atoms with E-state index in [0.29, 0.717) is 0 Å². The molecule has 1 N–H and O–H groups in total. The van der Waals surface area contributed by atoms with E-state index in [1.165, 1.54) is 33.5 Å². The number of hydrogen-bond acceptors (Lipinski definition) is 1. The maximum absolute atomic E-state index is 3.45. The van der Waals surface area contributed by atoms with E-state index in [1.54, 1.807) is 0 Å². The van der Waals surface area contributed by atoms with Crippen LogP contribution >= 0.6 is 0 Å². The predicted molar refractivity (Wildman–Crippen MR) is 89.5 cm³/mol. The van der Waals surface area contributed by atoms with Crippen LogP contribution in [-0.2, 0) is 6.42 Å². The zero-order valence-corrected chi connectivity index (χ0v) is 11.8. The van der Waals surface area contributed by atoms with E-state index in [1.807, 2.05) is 0 Å². The molecule has 0 amide bonds. The molecule has 1 aliphatic heterocycles. The van der Waals surface area contributed by atoms with Crippen molar-refractivity contribution in [1.82, 2.24) is 0 Å². The molecule has 0 atom stereocenters. The normalized spacial score (nSPS) is 12.8. The minimum absolute atomic E-state index is 1.05. The lowest BCUT2D eigenvalue weighted by Crippen LogP contribution is -1.90. The van der Waals surface area contributed by atoms with Gasteiger partial charge in [-0.1, -0.05) is 66.7 Å². The second-order valence-electron chi connectivity index (χ2n) is 5.45. The summed E-state index contributed by atoms with van der Waals surface area (Å²) in [5, 5.41) is 3.45. The molecule has 1 aliphatic rings. The van der Waals surface area contributed by atoms with Crippen molar-refractivity contribution in [2.45, 2.75) is 6.42 Å². The molecule has 0 bridgehead atoms. The monoisotopic (exact) mass is 271 g/mol. The number of nitrogens with one attached hydrogen (secondary N) is 1. The highest BCUT2D eigenvalue weighted by atomic mass is 14.9. The molecule has 0 radical (unpaired) electrons. The van der Waals surface area contributed by atoms with Gasteiger partial charge < -0.3 is 5.32 Å². The lowest BCUT2D eigenvalue weighted by molar-refractivity contribution is 1.11. The Kier molecular flexibility index (Phi) is 2.97. The zero-order valence-electron chi connectivity index (χ0n) is 11.8. The van der Waals surface area contributed by atoms with Crippen molar-refractivity contribution in [1.29, 1.82) is 0 Å². The van der Waals surface area contributed by atoms with Gasteiger partial charge in [-0.05, 0) is 40.3 Å². The van der Waals surface area contributed by atoms with Crippen molar-refractivity contribution < 1.29 is 0 Å². The molecule has 0 saturated heterocycles. The van der Waals surface area contributed by atoms with Gasteiger partial charge in [0.05, 0.1) is 0 Å². The first-order valence-electron chi connectivity index (χ1n) is 7.43. The van der Waals surface area contributed by atoms with Crippen LogP contribution in [0.1, 0.15) is 5.56 Å². The standard InChI is InChI=1S/C20H17N/c1-2-5-15(6-3-1)16-9-11-17(12-10-16)18-7-4-8-20-19(18)13-14-21-20/h1-12,21H,13-14H2. The Bertz CT molecular complexity index is 758. The summed E-state index contributed by atoms with van der Waals surface area (Å²) in [6.07, 6.45) is 1.12. The molecule has 0 fully saturated rings. The summed E-state index contributed by atoms with van der Waals surface area (Å²) in [6.45, 7) is 1.05. The molecule has 21 heavy (non-hydrogen) atoms. The van der Waals surface area contributed by atoms with Crippen LogP contribution in [0.5, 0.6) is 0 Å². The van der Waals surface area contributed by atoms with Crippen LogP contribution in [-0.4, -0.2) is 6.54 Å². The summed E-state index contributed by atoms with van der Waals surface area (Å²) in [5.41, 5.74) is 7.94. The van der Waals surface area contributed by atoms with Gasteiger partial charge in [-0.3, -0.25) is 0 Å². The van der Waals surface area contributed by atoms with E-state index >= 15 is 0 Å². The van der Waals surface area contributed by atoms with Crippen LogP contribution in [0.2, 0.25) is 0 Å². The van der Waals surface area contributed by atoms with E-state index in [9.17, 15) is 0 Å². The lowest BCUT2D eigenvalue weighted by atomic mass is 9.96.